The maximum absolute atomic E-state index is 12.5. The van der Waals surface area contributed by atoms with Crippen LogP contribution in [0.1, 0.15) is 25.5 Å². The van der Waals surface area contributed by atoms with Gasteiger partial charge in [0.2, 0.25) is 0 Å². The molecule has 1 aromatic rings. The lowest BCUT2D eigenvalue weighted by molar-refractivity contribution is -0.125. The molecule has 1 rings (SSSR count). The van der Waals surface area contributed by atoms with Crippen molar-refractivity contribution in [3.05, 3.63) is 18.0 Å². The summed E-state index contributed by atoms with van der Waals surface area (Å²) < 4.78 is 50.5. The van der Waals surface area contributed by atoms with Gasteiger partial charge in [0.05, 0.1) is 12.7 Å². The van der Waals surface area contributed by atoms with Crippen LogP contribution < -0.4 is 5.32 Å². The van der Waals surface area contributed by atoms with Crippen molar-refractivity contribution in [2.24, 2.45) is 0 Å². The fourth-order valence-corrected chi connectivity index (χ4v) is 1.20. The molecule has 17 heavy (non-hydrogen) atoms. The van der Waals surface area contributed by atoms with Gasteiger partial charge in [-0.25, -0.2) is 8.78 Å². The van der Waals surface area contributed by atoms with Crippen molar-refractivity contribution in [3.63, 3.8) is 0 Å². The molecule has 0 bridgehead atoms. The molecular weight excluding hydrogens is 238 g/mol. The summed E-state index contributed by atoms with van der Waals surface area (Å²) in [4.78, 5) is 0. The second kappa shape index (κ2) is 5.48. The predicted molar refractivity (Wildman–Crippen MR) is 55.3 cm³/mol. The highest BCUT2D eigenvalue weighted by Crippen LogP contribution is 2.21. The third kappa shape index (κ3) is 3.99. The van der Waals surface area contributed by atoms with Crippen LogP contribution in [0.4, 0.5) is 17.6 Å². The number of nitrogens with one attached hydrogen (secondary N) is 1. The normalized spacial score (nSPS) is 12.7. The van der Waals surface area contributed by atoms with E-state index in [0.29, 0.717) is 5.56 Å². The first-order chi connectivity index (χ1) is 7.83. The molecule has 1 N–H and O–H groups in total. The van der Waals surface area contributed by atoms with Crippen LogP contribution in [0, 0.1) is 0 Å². The van der Waals surface area contributed by atoms with Crippen molar-refractivity contribution in [2.45, 2.75) is 38.8 Å². The SMILES string of the molecule is CC(C)n1cc(CNCC(F)(F)C(F)F)cn1. The molecule has 0 aliphatic heterocycles. The molecule has 1 heterocycles. The summed E-state index contributed by atoms with van der Waals surface area (Å²) in [5, 5.41) is 6.30. The minimum absolute atomic E-state index is 0.0923. The first-order valence-electron chi connectivity index (χ1n) is 5.22. The molecular formula is C10H15F4N3. The van der Waals surface area contributed by atoms with Crippen molar-refractivity contribution in [1.82, 2.24) is 15.1 Å². The molecule has 0 aliphatic rings. The van der Waals surface area contributed by atoms with Gasteiger partial charge in [-0.05, 0) is 13.8 Å². The summed E-state index contributed by atoms with van der Waals surface area (Å²) in [5.74, 6) is -3.99. The van der Waals surface area contributed by atoms with Gasteiger partial charge in [-0.2, -0.15) is 13.9 Å². The highest BCUT2D eigenvalue weighted by molar-refractivity contribution is 5.03. The largest absolute Gasteiger partial charge is 0.319 e. The second-order valence-electron chi connectivity index (χ2n) is 4.09. The fourth-order valence-electron chi connectivity index (χ4n) is 1.20. The molecule has 0 aromatic carbocycles. The number of nitrogens with zero attached hydrogens (tertiary/aromatic N) is 2. The zero-order chi connectivity index (χ0) is 13.1. The predicted octanol–water partition coefficient (Wildman–Crippen LogP) is 2.45. The zero-order valence-corrected chi connectivity index (χ0v) is 9.63. The number of hydrogen-bond donors (Lipinski definition) is 1. The Balaban J connectivity index is 2.41. The molecule has 0 amide bonds. The molecule has 7 heteroatoms. The Morgan fingerprint density at radius 2 is 2.06 bits per heavy atom. The van der Waals surface area contributed by atoms with Crippen LogP contribution in [0.15, 0.2) is 12.4 Å². The minimum atomic E-state index is -3.99. The van der Waals surface area contributed by atoms with Crippen molar-refractivity contribution in [3.8, 4) is 0 Å². The molecule has 0 radical (unpaired) electrons. The van der Waals surface area contributed by atoms with Gasteiger partial charge in [-0.1, -0.05) is 0 Å². The smallest absolute Gasteiger partial charge is 0.307 e. The fraction of sp³-hybridized carbons (Fsp3) is 0.700. The number of alkyl halides is 4. The van der Waals surface area contributed by atoms with Crippen molar-refractivity contribution in [1.29, 1.82) is 0 Å². The summed E-state index contributed by atoms with van der Waals surface area (Å²) in [7, 11) is 0. The van der Waals surface area contributed by atoms with Crippen LogP contribution in [0.25, 0.3) is 0 Å². The monoisotopic (exact) mass is 253 g/mol. The van der Waals surface area contributed by atoms with Crippen molar-refractivity contribution in [2.75, 3.05) is 6.54 Å². The van der Waals surface area contributed by atoms with E-state index in [1.807, 2.05) is 13.8 Å². The molecule has 1 aromatic heterocycles. The van der Waals surface area contributed by atoms with Gasteiger partial charge in [0, 0.05) is 24.3 Å². The van der Waals surface area contributed by atoms with Gasteiger partial charge in [-0.3, -0.25) is 4.68 Å². The Bertz CT molecular complexity index is 349. The molecule has 0 saturated carbocycles. The average Bonchev–Trinajstić information content (AvgIpc) is 2.66. The van der Waals surface area contributed by atoms with Crippen molar-refractivity contribution < 1.29 is 17.6 Å². The Morgan fingerprint density at radius 3 is 2.53 bits per heavy atom. The van der Waals surface area contributed by atoms with Gasteiger partial charge in [0.15, 0.2) is 0 Å². The van der Waals surface area contributed by atoms with E-state index in [-0.39, 0.29) is 12.6 Å². The lowest BCUT2D eigenvalue weighted by Crippen LogP contribution is -2.38. The van der Waals surface area contributed by atoms with Crippen LogP contribution in [0.3, 0.4) is 0 Å². The summed E-state index contributed by atoms with van der Waals surface area (Å²) in [6.45, 7) is 2.90. The van der Waals surface area contributed by atoms with Crippen LogP contribution in [0.2, 0.25) is 0 Å². The molecule has 0 atom stereocenters. The minimum Gasteiger partial charge on any atom is -0.307 e. The van der Waals surface area contributed by atoms with E-state index in [1.54, 1.807) is 10.9 Å². The number of halogens is 4. The third-order valence-electron chi connectivity index (χ3n) is 2.19. The Kier molecular flexibility index (Phi) is 4.50. The lowest BCUT2D eigenvalue weighted by Gasteiger charge is -2.15. The molecule has 3 nitrogen and oxygen atoms in total. The van der Waals surface area contributed by atoms with E-state index in [9.17, 15) is 17.6 Å². The number of rotatable bonds is 6. The summed E-state index contributed by atoms with van der Waals surface area (Å²) in [6.07, 6.45) is -0.431. The maximum atomic E-state index is 12.5. The maximum Gasteiger partial charge on any atom is 0.319 e. The van der Waals surface area contributed by atoms with Gasteiger partial charge in [-0.15, -0.1) is 0 Å². The standard InChI is InChI=1S/C10H15F4N3/c1-7(2)17-5-8(4-16-17)3-15-6-10(13,14)9(11)12/h4-5,7,9,15H,3,6H2,1-2H3. The molecule has 0 spiro atoms. The third-order valence-corrected chi connectivity index (χ3v) is 2.19. The average molecular weight is 253 g/mol. The van der Waals surface area contributed by atoms with E-state index < -0.39 is 18.9 Å². The second-order valence-corrected chi connectivity index (χ2v) is 4.09. The Labute approximate surface area is 96.8 Å². The molecule has 0 unspecified atom stereocenters. The Hall–Kier alpha value is -1.11. The zero-order valence-electron chi connectivity index (χ0n) is 9.63. The molecule has 0 fully saturated rings. The van der Waals surface area contributed by atoms with Gasteiger partial charge in [0.1, 0.15) is 0 Å². The summed E-state index contributed by atoms with van der Waals surface area (Å²) in [6, 6.07) is 0.172. The molecule has 0 aliphatic carbocycles. The first kappa shape index (κ1) is 14.0. The van der Waals surface area contributed by atoms with E-state index in [1.165, 1.54) is 6.20 Å². The van der Waals surface area contributed by atoms with Crippen LogP contribution in [-0.2, 0) is 6.54 Å². The van der Waals surface area contributed by atoms with E-state index >= 15 is 0 Å². The quantitative estimate of drug-likeness (QED) is 0.789. The van der Waals surface area contributed by atoms with Crippen LogP contribution in [0.5, 0.6) is 0 Å². The molecule has 98 valence electrons. The summed E-state index contributed by atoms with van der Waals surface area (Å²) in [5.41, 5.74) is 0.684. The van der Waals surface area contributed by atoms with Gasteiger partial charge < -0.3 is 5.32 Å². The van der Waals surface area contributed by atoms with Gasteiger partial charge >= 0.3 is 12.3 Å². The number of aromatic nitrogens is 2. The summed E-state index contributed by atoms with van der Waals surface area (Å²) >= 11 is 0. The highest BCUT2D eigenvalue weighted by Gasteiger charge is 2.39. The number of hydrogen-bond acceptors (Lipinski definition) is 2. The van der Waals surface area contributed by atoms with Crippen molar-refractivity contribution >= 4 is 0 Å². The topological polar surface area (TPSA) is 29.9 Å². The van der Waals surface area contributed by atoms with E-state index in [4.69, 9.17) is 0 Å². The lowest BCUT2D eigenvalue weighted by atomic mass is 10.3. The van der Waals surface area contributed by atoms with E-state index in [2.05, 4.69) is 10.4 Å². The van der Waals surface area contributed by atoms with Crippen LogP contribution >= 0.6 is 0 Å². The van der Waals surface area contributed by atoms with Gasteiger partial charge in [0.25, 0.3) is 0 Å². The highest BCUT2D eigenvalue weighted by atomic mass is 19.3. The van der Waals surface area contributed by atoms with Crippen LogP contribution in [-0.4, -0.2) is 28.7 Å². The first-order valence-corrected chi connectivity index (χ1v) is 5.22. The van der Waals surface area contributed by atoms with E-state index in [0.717, 1.165) is 0 Å². The molecule has 0 saturated heterocycles. The Morgan fingerprint density at radius 1 is 1.41 bits per heavy atom.